The first-order chi connectivity index (χ1) is 9.81. The number of hydrogen-bond donors (Lipinski definition) is 0. The van der Waals surface area contributed by atoms with Crippen LogP contribution in [0, 0.1) is 0 Å². The second-order valence-electron chi connectivity index (χ2n) is 4.36. The maximum absolute atomic E-state index is 11.7. The fourth-order valence-electron chi connectivity index (χ4n) is 1.56. The van der Waals surface area contributed by atoms with Crippen molar-refractivity contribution in [3.63, 3.8) is 0 Å². The van der Waals surface area contributed by atoms with Gasteiger partial charge >= 0.3 is 5.97 Å². The number of rotatable bonds is 6. The SMILES string of the molecule is O=C(OCc1ccccc1)c1cc(OC[C@H]2CO2)no1. The van der Waals surface area contributed by atoms with Crippen molar-refractivity contribution in [2.45, 2.75) is 12.7 Å². The number of epoxide rings is 1. The molecule has 0 spiro atoms. The minimum Gasteiger partial charge on any atom is -0.473 e. The summed E-state index contributed by atoms with van der Waals surface area (Å²) in [6.07, 6.45) is 0.125. The van der Waals surface area contributed by atoms with Crippen LogP contribution < -0.4 is 4.74 Å². The van der Waals surface area contributed by atoms with E-state index in [4.69, 9.17) is 18.7 Å². The highest BCUT2D eigenvalue weighted by Gasteiger charge is 2.24. The molecule has 0 saturated carbocycles. The topological polar surface area (TPSA) is 74.1 Å². The third-order valence-electron chi connectivity index (χ3n) is 2.72. The normalized spacial score (nSPS) is 16.7. The number of benzene rings is 1. The molecule has 1 fully saturated rings. The van der Waals surface area contributed by atoms with Crippen LogP contribution in [0.3, 0.4) is 0 Å². The van der Waals surface area contributed by atoms with E-state index in [1.807, 2.05) is 30.3 Å². The molecule has 1 aromatic heterocycles. The lowest BCUT2D eigenvalue weighted by Gasteiger charge is -2.01. The van der Waals surface area contributed by atoms with Gasteiger partial charge in [-0.15, -0.1) is 0 Å². The maximum atomic E-state index is 11.7. The first kappa shape index (κ1) is 12.7. The maximum Gasteiger partial charge on any atom is 0.377 e. The third kappa shape index (κ3) is 3.36. The van der Waals surface area contributed by atoms with Crippen molar-refractivity contribution >= 4 is 5.97 Å². The Kier molecular flexibility index (Phi) is 3.64. The van der Waals surface area contributed by atoms with Gasteiger partial charge < -0.3 is 18.7 Å². The molecule has 2 heterocycles. The van der Waals surface area contributed by atoms with Crippen LogP contribution in [0.2, 0.25) is 0 Å². The number of nitrogens with zero attached hydrogens (tertiary/aromatic N) is 1. The summed E-state index contributed by atoms with van der Waals surface area (Å²) in [7, 11) is 0. The summed E-state index contributed by atoms with van der Waals surface area (Å²) in [4.78, 5) is 11.7. The van der Waals surface area contributed by atoms with Crippen molar-refractivity contribution in [2.75, 3.05) is 13.2 Å². The van der Waals surface area contributed by atoms with Crippen molar-refractivity contribution in [3.05, 3.63) is 47.7 Å². The van der Waals surface area contributed by atoms with Gasteiger partial charge in [-0.2, -0.15) is 0 Å². The Morgan fingerprint density at radius 1 is 1.35 bits per heavy atom. The summed E-state index contributed by atoms with van der Waals surface area (Å²) >= 11 is 0. The molecule has 3 rings (SSSR count). The lowest BCUT2D eigenvalue weighted by molar-refractivity contribution is 0.0425. The van der Waals surface area contributed by atoms with Crippen LogP contribution in [0.15, 0.2) is 40.9 Å². The predicted molar refractivity (Wildman–Crippen MR) is 67.3 cm³/mol. The van der Waals surface area contributed by atoms with Gasteiger partial charge in [0.15, 0.2) is 0 Å². The van der Waals surface area contributed by atoms with Gasteiger partial charge in [-0.1, -0.05) is 30.3 Å². The van der Waals surface area contributed by atoms with Gasteiger partial charge in [-0.3, -0.25) is 0 Å². The van der Waals surface area contributed by atoms with Gasteiger partial charge in [-0.25, -0.2) is 4.79 Å². The van der Waals surface area contributed by atoms with Crippen LogP contribution in [-0.4, -0.2) is 30.4 Å². The molecular weight excluding hydrogens is 262 g/mol. The molecule has 6 nitrogen and oxygen atoms in total. The molecule has 0 aliphatic carbocycles. The fourth-order valence-corrected chi connectivity index (χ4v) is 1.56. The summed E-state index contributed by atoms with van der Waals surface area (Å²) in [6, 6.07) is 10.8. The second kappa shape index (κ2) is 5.75. The van der Waals surface area contributed by atoms with Crippen LogP contribution in [0.5, 0.6) is 5.88 Å². The molecule has 1 aliphatic rings. The lowest BCUT2D eigenvalue weighted by Crippen LogP contribution is -2.05. The van der Waals surface area contributed by atoms with Gasteiger partial charge in [0.2, 0.25) is 5.76 Å². The van der Waals surface area contributed by atoms with E-state index in [1.54, 1.807) is 0 Å². The number of aromatic nitrogens is 1. The predicted octanol–water partition coefficient (Wildman–Crippen LogP) is 1.81. The van der Waals surface area contributed by atoms with E-state index in [0.29, 0.717) is 13.2 Å². The summed E-state index contributed by atoms with van der Waals surface area (Å²) in [5, 5.41) is 3.64. The van der Waals surface area contributed by atoms with Gasteiger partial charge in [0.1, 0.15) is 19.3 Å². The molecule has 0 amide bonds. The highest BCUT2D eigenvalue weighted by Crippen LogP contribution is 2.16. The van der Waals surface area contributed by atoms with Gasteiger partial charge in [0, 0.05) is 0 Å². The van der Waals surface area contributed by atoms with Crippen molar-refractivity contribution in [2.24, 2.45) is 0 Å². The fraction of sp³-hybridized carbons (Fsp3) is 0.286. The van der Waals surface area contributed by atoms with Crippen LogP contribution in [0.4, 0.5) is 0 Å². The Morgan fingerprint density at radius 2 is 2.15 bits per heavy atom. The van der Waals surface area contributed by atoms with Gasteiger partial charge in [0.25, 0.3) is 5.88 Å². The molecule has 20 heavy (non-hydrogen) atoms. The quantitative estimate of drug-likeness (QED) is 0.591. The molecule has 0 N–H and O–H groups in total. The summed E-state index contributed by atoms with van der Waals surface area (Å²) < 4.78 is 20.3. The van der Waals surface area contributed by atoms with E-state index in [1.165, 1.54) is 6.07 Å². The number of hydrogen-bond acceptors (Lipinski definition) is 6. The number of carbonyl (C=O) groups excluding carboxylic acids is 1. The largest absolute Gasteiger partial charge is 0.473 e. The zero-order valence-corrected chi connectivity index (χ0v) is 10.7. The summed E-state index contributed by atoms with van der Waals surface area (Å²) in [5.74, 6) is -0.293. The number of carbonyl (C=O) groups is 1. The van der Waals surface area contributed by atoms with Crippen molar-refractivity contribution in [1.29, 1.82) is 0 Å². The monoisotopic (exact) mass is 275 g/mol. The molecule has 1 atom stereocenters. The first-order valence-electron chi connectivity index (χ1n) is 6.23. The van der Waals surface area contributed by atoms with Crippen molar-refractivity contribution in [1.82, 2.24) is 5.16 Å². The molecule has 0 unspecified atom stereocenters. The molecule has 6 heteroatoms. The average molecular weight is 275 g/mol. The Morgan fingerprint density at radius 3 is 2.90 bits per heavy atom. The van der Waals surface area contributed by atoms with E-state index in [-0.39, 0.29) is 24.4 Å². The van der Waals surface area contributed by atoms with Crippen molar-refractivity contribution < 1.29 is 23.5 Å². The van der Waals surface area contributed by atoms with E-state index < -0.39 is 5.97 Å². The Labute approximate surface area is 115 Å². The lowest BCUT2D eigenvalue weighted by atomic mass is 10.2. The smallest absolute Gasteiger partial charge is 0.377 e. The first-order valence-corrected chi connectivity index (χ1v) is 6.23. The Bertz CT molecular complexity index is 576. The van der Waals surface area contributed by atoms with E-state index in [9.17, 15) is 4.79 Å². The van der Waals surface area contributed by atoms with Crippen LogP contribution in [-0.2, 0) is 16.1 Å². The highest BCUT2D eigenvalue weighted by atomic mass is 16.6. The highest BCUT2D eigenvalue weighted by molar-refractivity contribution is 5.86. The minimum atomic E-state index is -0.570. The molecular formula is C14H13NO5. The standard InChI is InChI=1S/C14H13NO5/c16-14(19-7-10-4-2-1-3-5-10)12-6-13(15-20-12)18-9-11-8-17-11/h1-6,11H,7-9H2/t11-/m1/s1. The number of esters is 1. The zero-order chi connectivity index (χ0) is 13.8. The molecule has 104 valence electrons. The van der Waals surface area contributed by atoms with Crippen LogP contribution in [0.25, 0.3) is 0 Å². The zero-order valence-electron chi connectivity index (χ0n) is 10.7. The summed E-state index contributed by atoms with van der Waals surface area (Å²) in [6.45, 7) is 1.29. The van der Waals surface area contributed by atoms with Gasteiger partial charge in [-0.05, 0) is 10.7 Å². The van der Waals surface area contributed by atoms with E-state index in [0.717, 1.165) is 5.56 Å². The summed E-state index contributed by atoms with van der Waals surface area (Å²) in [5.41, 5.74) is 0.905. The Balaban J connectivity index is 1.51. The Hall–Kier alpha value is -2.34. The molecule has 1 aliphatic heterocycles. The average Bonchev–Trinajstić information content (AvgIpc) is 3.20. The minimum absolute atomic E-state index is 0.0210. The van der Waals surface area contributed by atoms with Crippen molar-refractivity contribution in [3.8, 4) is 5.88 Å². The molecule has 1 saturated heterocycles. The van der Waals surface area contributed by atoms with Crippen LogP contribution in [0.1, 0.15) is 16.1 Å². The van der Waals surface area contributed by atoms with Crippen LogP contribution >= 0.6 is 0 Å². The molecule has 2 aromatic rings. The molecule has 0 bridgehead atoms. The second-order valence-corrected chi connectivity index (χ2v) is 4.36. The number of ether oxygens (including phenoxy) is 3. The van der Waals surface area contributed by atoms with E-state index in [2.05, 4.69) is 5.16 Å². The third-order valence-corrected chi connectivity index (χ3v) is 2.72. The van der Waals surface area contributed by atoms with Gasteiger partial charge in [0.05, 0.1) is 12.7 Å². The van der Waals surface area contributed by atoms with E-state index >= 15 is 0 Å². The molecule has 0 radical (unpaired) electrons. The molecule has 1 aromatic carbocycles.